The fourth-order valence-corrected chi connectivity index (χ4v) is 3.29. The van der Waals surface area contributed by atoms with E-state index in [0.717, 1.165) is 24.2 Å². The number of hydrogen-bond donors (Lipinski definition) is 3. The van der Waals surface area contributed by atoms with Crippen molar-refractivity contribution in [3.05, 3.63) is 49.4 Å². The zero-order valence-corrected chi connectivity index (χ0v) is 17.5. The molecule has 0 spiro atoms. The lowest BCUT2D eigenvalue weighted by Crippen LogP contribution is -2.55. The van der Waals surface area contributed by atoms with Gasteiger partial charge in [0.05, 0.1) is 12.4 Å². The lowest BCUT2D eigenvalue weighted by atomic mass is 10.0. The molecule has 8 nitrogen and oxygen atoms in total. The monoisotopic (exact) mass is 435 g/mol. The zero-order chi connectivity index (χ0) is 18.8. The molecule has 1 aromatic carbocycles. The molecule has 10 heteroatoms. The van der Waals surface area contributed by atoms with Gasteiger partial charge in [0.2, 0.25) is 5.95 Å². The number of rotatable bonds is 4. The molecule has 0 bridgehead atoms. The van der Waals surface area contributed by atoms with Gasteiger partial charge in [-0.3, -0.25) is 5.10 Å². The second-order valence-corrected chi connectivity index (χ2v) is 6.68. The van der Waals surface area contributed by atoms with Gasteiger partial charge in [-0.25, -0.2) is 4.98 Å². The third kappa shape index (κ3) is 4.84. The zero-order valence-electron chi connectivity index (χ0n) is 15.8. The van der Waals surface area contributed by atoms with Crippen LogP contribution in [0.2, 0.25) is 0 Å². The number of aromatic nitrogens is 5. The van der Waals surface area contributed by atoms with Gasteiger partial charge in [0, 0.05) is 42.5 Å². The molecule has 2 atom stereocenters. The van der Waals surface area contributed by atoms with Crippen molar-refractivity contribution in [2.75, 3.05) is 18.0 Å². The van der Waals surface area contributed by atoms with E-state index in [1.165, 1.54) is 0 Å². The maximum absolute atomic E-state index is 10.4. The Morgan fingerprint density at radius 2 is 2.00 bits per heavy atom. The van der Waals surface area contributed by atoms with Gasteiger partial charge < -0.3 is 15.3 Å². The van der Waals surface area contributed by atoms with Crippen LogP contribution < -0.4 is 10.2 Å². The van der Waals surface area contributed by atoms with Crippen LogP contribution in [-0.4, -0.2) is 55.7 Å². The summed E-state index contributed by atoms with van der Waals surface area (Å²) in [7, 11) is 0. The summed E-state index contributed by atoms with van der Waals surface area (Å²) in [5.41, 5.74) is 2.89. The van der Waals surface area contributed by atoms with E-state index in [2.05, 4.69) is 49.1 Å². The summed E-state index contributed by atoms with van der Waals surface area (Å²) >= 11 is 0. The Balaban J connectivity index is 0.00000150. The fourth-order valence-electron chi connectivity index (χ4n) is 3.29. The van der Waals surface area contributed by atoms with Gasteiger partial charge in [-0.15, -0.1) is 41.6 Å². The number of phenols is 1. The Kier molecular flexibility index (Phi) is 7.55. The predicted octanol–water partition coefficient (Wildman–Crippen LogP) is 2.83. The number of nitrogens with zero attached hydrogens (tertiary/aromatic N) is 5. The van der Waals surface area contributed by atoms with Crippen molar-refractivity contribution in [2.24, 2.45) is 0 Å². The number of piperazine rings is 1. The standard InChI is InChI=1S/C19H21N7O.2ClH/c1-3-15-11-26(10-12(2)23-15)19-20-9-17(24-25-19)16-5-4-13(6-18(16)27)14-7-21-22-8-14;;/h3-9,12,15,23,27H,1,10-11H2,2H3,(H,21,22);2*1H/t12-,15+;;/m1../s1. The number of nitrogens with one attached hydrogen (secondary N) is 2. The number of hydrogen-bond acceptors (Lipinski definition) is 7. The lowest BCUT2D eigenvalue weighted by molar-refractivity contribution is 0.426. The highest BCUT2D eigenvalue weighted by molar-refractivity contribution is 5.85. The molecule has 154 valence electrons. The molecular weight excluding hydrogens is 413 g/mol. The Morgan fingerprint density at radius 1 is 1.17 bits per heavy atom. The maximum Gasteiger partial charge on any atom is 0.245 e. The average molecular weight is 436 g/mol. The van der Waals surface area contributed by atoms with Crippen molar-refractivity contribution < 1.29 is 5.11 Å². The normalized spacial score (nSPS) is 18.4. The van der Waals surface area contributed by atoms with Crippen molar-refractivity contribution in [3.63, 3.8) is 0 Å². The number of aromatic hydroxyl groups is 1. The summed E-state index contributed by atoms with van der Waals surface area (Å²) in [4.78, 5) is 6.55. The first kappa shape index (κ1) is 22.6. The highest BCUT2D eigenvalue weighted by atomic mass is 35.5. The van der Waals surface area contributed by atoms with Crippen molar-refractivity contribution in [1.29, 1.82) is 0 Å². The third-order valence-electron chi connectivity index (χ3n) is 4.63. The molecule has 1 saturated heterocycles. The predicted molar refractivity (Wildman–Crippen MR) is 118 cm³/mol. The van der Waals surface area contributed by atoms with E-state index < -0.39 is 0 Å². The topological polar surface area (TPSA) is 103 Å². The summed E-state index contributed by atoms with van der Waals surface area (Å²) < 4.78 is 0. The second kappa shape index (κ2) is 9.69. The first-order valence-corrected chi connectivity index (χ1v) is 8.80. The van der Waals surface area contributed by atoms with Crippen LogP contribution in [0.5, 0.6) is 5.75 Å². The molecular formula is C19H23Cl2N7O. The summed E-state index contributed by atoms with van der Waals surface area (Å²) in [5.74, 6) is 0.702. The molecule has 0 aliphatic carbocycles. The van der Waals surface area contributed by atoms with E-state index in [1.54, 1.807) is 24.7 Å². The molecule has 0 amide bonds. The Bertz CT molecular complexity index is 934. The van der Waals surface area contributed by atoms with Crippen molar-refractivity contribution in [2.45, 2.75) is 19.0 Å². The molecule has 3 aromatic rings. The summed E-state index contributed by atoms with van der Waals surface area (Å²) in [6.07, 6.45) is 7.01. The van der Waals surface area contributed by atoms with Crippen LogP contribution in [0.4, 0.5) is 5.95 Å². The molecule has 1 aliphatic rings. The Hall–Kier alpha value is -2.68. The van der Waals surface area contributed by atoms with Crippen LogP contribution in [0, 0.1) is 0 Å². The van der Waals surface area contributed by atoms with E-state index in [1.807, 2.05) is 18.2 Å². The molecule has 3 heterocycles. The van der Waals surface area contributed by atoms with Crippen molar-refractivity contribution in [3.8, 4) is 28.1 Å². The average Bonchev–Trinajstić information content (AvgIpc) is 3.22. The van der Waals surface area contributed by atoms with Gasteiger partial charge in [-0.1, -0.05) is 12.1 Å². The second-order valence-electron chi connectivity index (χ2n) is 6.68. The molecule has 2 aromatic heterocycles. The quantitative estimate of drug-likeness (QED) is 0.541. The highest BCUT2D eigenvalue weighted by Gasteiger charge is 2.24. The molecule has 1 aliphatic heterocycles. The van der Waals surface area contributed by atoms with Crippen LogP contribution in [0.25, 0.3) is 22.4 Å². The minimum absolute atomic E-state index is 0. The van der Waals surface area contributed by atoms with E-state index in [9.17, 15) is 5.11 Å². The molecule has 0 saturated carbocycles. The first-order chi connectivity index (χ1) is 13.1. The minimum atomic E-state index is 0. The number of phenolic OH excluding ortho intramolecular Hbond substituents is 1. The maximum atomic E-state index is 10.4. The van der Waals surface area contributed by atoms with E-state index >= 15 is 0 Å². The summed E-state index contributed by atoms with van der Waals surface area (Å²) in [5, 5.41) is 29.1. The summed E-state index contributed by atoms with van der Waals surface area (Å²) in [6.45, 7) is 7.52. The first-order valence-electron chi connectivity index (χ1n) is 8.80. The smallest absolute Gasteiger partial charge is 0.245 e. The van der Waals surface area contributed by atoms with Gasteiger partial charge in [-0.05, 0) is 24.6 Å². The van der Waals surface area contributed by atoms with Gasteiger partial charge in [-0.2, -0.15) is 5.10 Å². The van der Waals surface area contributed by atoms with Gasteiger partial charge in [0.25, 0.3) is 0 Å². The van der Waals surface area contributed by atoms with Crippen LogP contribution in [0.1, 0.15) is 6.92 Å². The third-order valence-corrected chi connectivity index (χ3v) is 4.63. The lowest BCUT2D eigenvalue weighted by Gasteiger charge is -2.36. The SMILES string of the molecule is C=C[C@H]1CN(c2ncc(-c3ccc(-c4cn[nH]c4)cc3O)nn2)C[C@@H](C)N1.Cl.Cl. The van der Waals surface area contributed by atoms with Crippen molar-refractivity contribution >= 4 is 30.8 Å². The molecule has 4 rings (SSSR count). The largest absolute Gasteiger partial charge is 0.507 e. The molecule has 1 fully saturated rings. The Labute approximate surface area is 181 Å². The number of aromatic amines is 1. The van der Waals surface area contributed by atoms with E-state index in [4.69, 9.17) is 0 Å². The van der Waals surface area contributed by atoms with Gasteiger partial charge in [0.1, 0.15) is 11.4 Å². The van der Waals surface area contributed by atoms with Gasteiger partial charge >= 0.3 is 0 Å². The number of halogens is 2. The molecule has 0 unspecified atom stereocenters. The van der Waals surface area contributed by atoms with Crippen LogP contribution in [0.15, 0.2) is 49.4 Å². The molecule has 29 heavy (non-hydrogen) atoms. The number of H-pyrrole nitrogens is 1. The fraction of sp³-hybridized carbons (Fsp3) is 0.263. The number of anilines is 1. The Morgan fingerprint density at radius 3 is 2.62 bits per heavy atom. The van der Waals surface area contributed by atoms with Crippen LogP contribution in [-0.2, 0) is 0 Å². The van der Waals surface area contributed by atoms with Gasteiger partial charge in [0.15, 0.2) is 0 Å². The van der Waals surface area contributed by atoms with Crippen LogP contribution >= 0.6 is 24.8 Å². The van der Waals surface area contributed by atoms with E-state index in [-0.39, 0.29) is 36.6 Å². The van der Waals surface area contributed by atoms with Crippen LogP contribution in [0.3, 0.4) is 0 Å². The summed E-state index contributed by atoms with van der Waals surface area (Å²) in [6, 6.07) is 5.90. The van der Waals surface area contributed by atoms with Crippen molar-refractivity contribution in [1.82, 2.24) is 30.7 Å². The minimum Gasteiger partial charge on any atom is -0.507 e. The molecule has 0 radical (unpaired) electrons. The van der Waals surface area contributed by atoms with E-state index in [0.29, 0.717) is 23.2 Å². The highest BCUT2D eigenvalue weighted by Crippen LogP contribution is 2.31. The number of benzene rings is 1. The molecule has 3 N–H and O–H groups in total.